The molecule has 0 bridgehead atoms. The number of halogens is 1. The second kappa shape index (κ2) is 7.79. The monoisotopic (exact) mass is 442 g/mol. The zero-order valence-electron chi connectivity index (χ0n) is 18.3. The van der Waals surface area contributed by atoms with Crippen LogP contribution in [-0.2, 0) is 16.9 Å². The van der Waals surface area contributed by atoms with Crippen LogP contribution in [0.25, 0.3) is 10.9 Å². The van der Waals surface area contributed by atoms with Gasteiger partial charge in [-0.2, -0.15) is 0 Å². The molecule has 2 heterocycles. The van der Waals surface area contributed by atoms with Gasteiger partial charge in [0, 0.05) is 26.3 Å². The number of aryl methyl sites for hydroxylation is 3. The topological polar surface area (TPSA) is 59.4 Å². The van der Waals surface area contributed by atoms with E-state index in [-0.39, 0.29) is 15.2 Å². The number of rotatable bonds is 3. The average Bonchev–Trinajstić information content (AvgIpc) is 2.69. The van der Waals surface area contributed by atoms with Gasteiger partial charge in [0.2, 0.25) is 15.3 Å². The number of hydrogen-bond acceptors (Lipinski definition) is 4. The number of aromatic nitrogens is 1. The van der Waals surface area contributed by atoms with Crippen LogP contribution in [0.1, 0.15) is 30.9 Å². The van der Waals surface area contributed by atoms with Gasteiger partial charge in [0.1, 0.15) is 10.7 Å². The van der Waals surface area contributed by atoms with Crippen molar-refractivity contribution in [2.45, 2.75) is 43.4 Å². The molecule has 1 aliphatic rings. The van der Waals surface area contributed by atoms with Crippen molar-refractivity contribution in [2.24, 2.45) is 13.0 Å². The summed E-state index contributed by atoms with van der Waals surface area (Å²) in [5.41, 5.74) is 1.88. The largest absolute Gasteiger partial charge is 0.369 e. The number of benzene rings is 2. The summed E-state index contributed by atoms with van der Waals surface area (Å²) in [4.78, 5) is 14.9. The number of piperidine rings is 1. The SMILES string of the molecule is Cc1cc(C)cc(S(=O)(=O)c2cn(C)c3cc(N4CCC[C@@H](C)C4)c(F)cc3c2=O)c1. The Balaban J connectivity index is 1.89. The normalized spacial score (nSPS) is 17.3. The van der Waals surface area contributed by atoms with Gasteiger partial charge in [-0.15, -0.1) is 0 Å². The summed E-state index contributed by atoms with van der Waals surface area (Å²) in [5, 5.41) is 0.0688. The molecule has 1 saturated heterocycles. The van der Waals surface area contributed by atoms with Crippen LogP contribution < -0.4 is 10.3 Å². The fourth-order valence-electron chi connectivity index (χ4n) is 4.52. The lowest BCUT2D eigenvalue weighted by molar-refractivity contribution is 0.442. The summed E-state index contributed by atoms with van der Waals surface area (Å²) in [6, 6.07) is 7.82. The zero-order chi connectivity index (χ0) is 22.5. The Labute approximate surface area is 182 Å². The summed E-state index contributed by atoms with van der Waals surface area (Å²) < 4.78 is 43.2. The Hall–Kier alpha value is -2.67. The van der Waals surface area contributed by atoms with Crippen LogP contribution in [-0.4, -0.2) is 26.1 Å². The molecule has 7 heteroatoms. The molecule has 0 spiro atoms. The average molecular weight is 443 g/mol. The molecular weight excluding hydrogens is 415 g/mol. The first kappa shape index (κ1) is 21.6. The van der Waals surface area contributed by atoms with Crippen molar-refractivity contribution in [3.8, 4) is 0 Å². The van der Waals surface area contributed by atoms with Gasteiger partial charge < -0.3 is 9.47 Å². The van der Waals surface area contributed by atoms with Crippen molar-refractivity contribution < 1.29 is 12.8 Å². The number of pyridine rings is 1. The number of anilines is 1. The molecule has 0 amide bonds. The first-order valence-electron chi connectivity index (χ1n) is 10.5. The van der Waals surface area contributed by atoms with E-state index >= 15 is 4.39 Å². The Morgan fingerprint density at radius 3 is 2.39 bits per heavy atom. The van der Waals surface area contributed by atoms with E-state index in [9.17, 15) is 13.2 Å². The summed E-state index contributed by atoms with van der Waals surface area (Å²) in [6.45, 7) is 7.28. The zero-order valence-corrected chi connectivity index (χ0v) is 19.1. The highest BCUT2D eigenvalue weighted by Gasteiger charge is 2.26. The summed E-state index contributed by atoms with van der Waals surface area (Å²) >= 11 is 0. The highest BCUT2D eigenvalue weighted by Crippen LogP contribution is 2.30. The molecule has 4 rings (SSSR count). The summed E-state index contributed by atoms with van der Waals surface area (Å²) in [6.07, 6.45) is 3.45. The fraction of sp³-hybridized carbons (Fsp3) is 0.375. The molecule has 0 aliphatic carbocycles. The van der Waals surface area contributed by atoms with E-state index in [2.05, 4.69) is 6.92 Å². The maximum atomic E-state index is 15.1. The molecule has 1 fully saturated rings. The van der Waals surface area contributed by atoms with Gasteiger partial charge >= 0.3 is 0 Å². The van der Waals surface area contributed by atoms with Crippen molar-refractivity contribution in [3.63, 3.8) is 0 Å². The molecule has 164 valence electrons. The van der Waals surface area contributed by atoms with Gasteiger partial charge in [-0.1, -0.05) is 13.0 Å². The lowest BCUT2D eigenvalue weighted by Gasteiger charge is -2.33. The third-order valence-electron chi connectivity index (χ3n) is 6.02. The first-order valence-corrected chi connectivity index (χ1v) is 12.0. The van der Waals surface area contributed by atoms with Gasteiger partial charge in [0.15, 0.2) is 0 Å². The Bertz CT molecular complexity index is 1320. The highest BCUT2D eigenvalue weighted by molar-refractivity contribution is 7.91. The molecule has 1 aromatic heterocycles. The van der Waals surface area contributed by atoms with Crippen molar-refractivity contribution in [3.05, 3.63) is 63.7 Å². The molecule has 5 nitrogen and oxygen atoms in total. The van der Waals surface area contributed by atoms with Crippen LogP contribution in [0.2, 0.25) is 0 Å². The lowest BCUT2D eigenvalue weighted by atomic mass is 9.99. The van der Waals surface area contributed by atoms with Crippen molar-refractivity contribution in [1.29, 1.82) is 0 Å². The molecule has 3 aromatic rings. The molecule has 0 N–H and O–H groups in total. The highest BCUT2D eigenvalue weighted by atomic mass is 32.2. The van der Waals surface area contributed by atoms with E-state index in [1.54, 1.807) is 29.8 Å². The minimum Gasteiger partial charge on any atom is -0.369 e. The number of fused-ring (bicyclic) bond motifs is 1. The number of nitrogens with zero attached hydrogens (tertiary/aromatic N) is 2. The maximum absolute atomic E-state index is 15.1. The van der Waals surface area contributed by atoms with E-state index in [1.807, 2.05) is 24.8 Å². The molecule has 0 radical (unpaired) electrons. The Morgan fingerprint density at radius 2 is 1.74 bits per heavy atom. The van der Waals surface area contributed by atoms with Gasteiger partial charge in [-0.3, -0.25) is 4.79 Å². The molecule has 0 unspecified atom stereocenters. The summed E-state index contributed by atoms with van der Waals surface area (Å²) in [7, 11) is -2.36. The van der Waals surface area contributed by atoms with Gasteiger partial charge in [0.05, 0.1) is 21.5 Å². The number of sulfone groups is 1. The minimum absolute atomic E-state index is 0.0688. The maximum Gasteiger partial charge on any atom is 0.211 e. The predicted molar refractivity (Wildman–Crippen MR) is 121 cm³/mol. The lowest BCUT2D eigenvalue weighted by Crippen LogP contribution is -2.35. The van der Waals surface area contributed by atoms with E-state index < -0.39 is 21.1 Å². The van der Waals surface area contributed by atoms with Gasteiger partial charge in [-0.25, -0.2) is 12.8 Å². The third-order valence-corrected chi connectivity index (χ3v) is 7.74. The van der Waals surface area contributed by atoms with Crippen LogP contribution in [0.15, 0.2) is 51.1 Å². The van der Waals surface area contributed by atoms with E-state index in [0.717, 1.165) is 37.1 Å². The predicted octanol–water partition coefficient (Wildman–Crippen LogP) is 4.36. The van der Waals surface area contributed by atoms with Crippen molar-refractivity contribution in [2.75, 3.05) is 18.0 Å². The van der Waals surface area contributed by atoms with Gasteiger partial charge in [-0.05, 0) is 68.0 Å². The van der Waals surface area contributed by atoms with E-state index in [1.165, 1.54) is 12.3 Å². The molecule has 2 aromatic carbocycles. The molecule has 31 heavy (non-hydrogen) atoms. The smallest absolute Gasteiger partial charge is 0.211 e. The molecular formula is C24H27FN2O3S. The molecule has 0 saturated carbocycles. The van der Waals surface area contributed by atoms with Crippen molar-refractivity contribution >= 4 is 26.4 Å². The van der Waals surface area contributed by atoms with Crippen LogP contribution >= 0.6 is 0 Å². The van der Waals surface area contributed by atoms with E-state index in [0.29, 0.717) is 17.1 Å². The Kier molecular flexibility index (Phi) is 5.41. The molecule has 1 atom stereocenters. The molecule has 1 aliphatic heterocycles. The first-order chi connectivity index (χ1) is 14.6. The van der Waals surface area contributed by atoms with Crippen LogP contribution in [0, 0.1) is 25.6 Å². The minimum atomic E-state index is -4.05. The van der Waals surface area contributed by atoms with Crippen LogP contribution in [0.3, 0.4) is 0 Å². The quantitative estimate of drug-likeness (QED) is 0.605. The van der Waals surface area contributed by atoms with Gasteiger partial charge in [0.25, 0.3) is 0 Å². The van der Waals surface area contributed by atoms with E-state index in [4.69, 9.17) is 0 Å². The second-order valence-corrected chi connectivity index (χ2v) is 10.7. The van der Waals surface area contributed by atoms with Crippen molar-refractivity contribution in [1.82, 2.24) is 4.57 Å². The van der Waals surface area contributed by atoms with Crippen LogP contribution in [0.5, 0.6) is 0 Å². The second-order valence-electron chi connectivity index (χ2n) is 8.77. The summed E-state index contributed by atoms with van der Waals surface area (Å²) in [5.74, 6) is -0.0300. The third kappa shape index (κ3) is 3.87. The fourth-order valence-corrected chi connectivity index (χ4v) is 6.11. The van der Waals surface area contributed by atoms with Crippen LogP contribution in [0.4, 0.5) is 10.1 Å². The standard InChI is InChI=1S/C24H27FN2O3S/c1-15-6-5-7-27(13-15)22-12-21-19(11-20(22)25)24(28)23(14-26(21)4)31(29,30)18-9-16(2)8-17(3)10-18/h8-12,14-15H,5-7,13H2,1-4H3/t15-/m1/s1. The Morgan fingerprint density at radius 1 is 1.06 bits per heavy atom. The number of hydrogen-bond donors (Lipinski definition) is 0.